The molecule has 0 atom stereocenters. The van der Waals surface area contributed by atoms with Crippen LogP contribution in [0.3, 0.4) is 0 Å². The van der Waals surface area contributed by atoms with E-state index >= 15 is 0 Å². The smallest absolute Gasteiger partial charge is 0.308 e. The van der Waals surface area contributed by atoms with Gasteiger partial charge >= 0.3 is 4.87 Å². The van der Waals surface area contributed by atoms with Crippen molar-refractivity contribution in [3.63, 3.8) is 0 Å². The van der Waals surface area contributed by atoms with Gasteiger partial charge in [0, 0.05) is 38.3 Å². The quantitative estimate of drug-likeness (QED) is 0.591. The Labute approximate surface area is 181 Å². The molecule has 1 amide bonds. The molecule has 2 aromatic carbocycles. The first-order valence-electron chi connectivity index (χ1n) is 9.60. The van der Waals surface area contributed by atoms with Crippen molar-refractivity contribution in [3.8, 4) is 0 Å². The molecule has 0 aliphatic carbocycles. The number of nitrogens with zero attached hydrogens (tertiary/aromatic N) is 3. The van der Waals surface area contributed by atoms with Crippen molar-refractivity contribution in [2.24, 2.45) is 0 Å². The molecule has 1 aliphatic rings. The maximum absolute atomic E-state index is 13.4. The zero-order valence-electron chi connectivity index (χ0n) is 16.5. The summed E-state index contributed by atoms with van der Waals surface area (Å²) in [5.74, 6) is -2.63. The highest BCUT2D eigenvalue weighted by Crippen LogP contribution is 2.25. The summed E-state index contributed by atoms with van der Waals surface area (Å²) < 4.78 is 56.1. The van der Waals surface area contributed by atoms with Crippen LogP contribution in [-0.2, 0) is 16.6 Å². The summed E-state index contributed by atoms with van der Waals surface area (Å²) >= 11 is 0.999. The lowest BCUT2D eigenvalue weighted by atomic mass is 10.1. The lowest BCUT2D eigenvalue weighted by Crippen LogP contribution is -2.50. The SMILES string of the molecule is CCn1c(=O)sc2cc(S(=O)(=O)N3CCN(C(=O)c4ccc(F)c(F)c4)CC3)ccc21. The Balaban J connectivity index is 1.51. The summed E-state index contributed by atoms with van der Waals surface area (Å²) in [6.45, 7) is 2.74. The number of sulfonamides is 1. The molecule has 1 saturated heterocycles. The second-order valence-electron chi connectivity index (χ2n) is 7.07. The van der Waals surface area contributed by atoms with E-state index in [-0.39, 0.29) is 41.5 Å². The van der Waals surface area contributed by atoms with Gasteiger partial charge in [0.2, 0.25) is 10.0 Å². The van der Waals surface area contributed by atoms with Crippen LogP contribution >= 0.6 is 11.3 Å². The molecule has 0 unspecified atom stereocenters. The molecule has 11 heteroatoms. The van der Waals surface area contributed by atoms with Gasteiger partial charge in [0.15, 0.2) is 11.6 Å². The van der Waals surface area contributed by atoms with Crippen molar-refractivity contribution in [1.29, 1.82) is 0 Å². The van der Waals surface area contributed by atoms with E-state index in [0.717, 1.165) is 23.5 Å². The first-order chi connectivity index (χ1) is 14.7. The molecule has 3 aromatic rings. The van der Waals surface area contributed by atoms with Crippen LogP contribution in [0.25, 0.3) is 10.2 Å². The van der Waals surface area contributed by atoms with E-state index in [2.05, 4.69) is 0 Å². The fourth-order valence-corrected chi connectivity index (χ4v) is 6.12. The topological polar surface area (TPSA) is 79.7 Å². The lowest BCUT2D eigenvalue weighted by molar-refractivity contribution is 0.0697. The molecular weight excluding hydrogens is 448 g/mol. The molecule has 0 radical (unpaired) electrons. The number of piperazine rings is 1. The van der Waals surface area contributed by atoms with Crippen LogP contribution in [0.15, 0.2) is 46.1 Å². The van der Waals surface area contributed by atoms with Crippen molar-refractivity contribution in [3.05, 3.63) is 63.3 Å². The molecule has 1 fully saturated rings. The second-order valence-corrected chi connectivity index (χ2v) is 10.00. The summed E-state index contributed by atoms with van der Waals surface area (Å²) in [7, 11) is -3.81. The number of aromatic nitrogens is 1. The Morgan fingerprint density at radius 1 is 1.03 bits per heavy atom. The Kier molecular flexibility index (Phi) is 5.67. The lowest BCUT2D eigenvalue weighted by Gasteiger charge is -2.34. The van der Waals surface area contributed by atoms with Gasteiger partial charge < -0.3 is 4.90 Å². The van der Waals surface area contributed by atoms with Crippen molar-refractivity contribution >= 4 is 37.5 Å². The maximum atomic E-state index is 13.4. The van der Waals surface area contributed by atoms with Crippen LogP contribution in [0.4, 0.5) is 8.78 Å². The Morgan fingerprint density at radius 2 is 1.74 bits per heavy atom. The molecule has 1 aromatic heterocycles. The number of hydrogen-bond acceptors (Lipinski definition) is 5. The average Bonchev–Trinajstić information content (AvgIpc) is 3.09. The van der Waals surface area contributed by atoms with Gasteiger partial charge in [-0.3, -0.25) is 14.2 Å². The average molecular weight is 468 g/mol. The van der Waals surface area contributed by atoms with E-state index in [1.165, 1.54) is 27.4 Å². The highest BCUT2D eigenvalue weighted by molar-refractivity contribution is 7.89. The Hall–Kier alpha value is -2.63. The second kappa shape index (κ2) is 8.13. The number of rotatable bonds is 4. The third-order valence-corrected chi connectivity index (χ3v) is 8.12. The van der Waals surface area contributed by atoms with E-state index in [1.807, 2.05) is 6.92 Å². The van der Waals surface area contributed by atoms with Crippen molar-refractivity contribution in [2.75, 3.05) is 26.2 Å². The highest BCUT2D eigenvalue weighted by Gasteiger charge is 2.31. The standard InChI is InChI=1S/C20H19F2N3O4S2/c1-2-25-17-6-4-14(12-18(17)30-20(25)27)31(28,29)24-9-7-23(8-10-24)19(26)13-3-5-15(21)16(22)11-13/h3-6,11-12H,2,7-10H2,1H3. The van der Waals surface area contributed by atoms with E-state index in [9.17, 15) is 26.8 Å². The number of aryl methyl sites for hydroxylation is 1. The molecule has 0 saturated carbocycles. The fraction of sp³-hybridized carbons (Fsp3) is 0.300. The summed E-state index contributed by atoms with van der Waals surface area (Å²) in [5, 5.41) is 0. The monoisotopic (exact) mass is 467 g/mol. The summed E-state index contributed by atoms with van der Waals surface area (Å²) in [6.07, 6.45) is 0. The number of amides is 1. The van der Waals surface area contributed by atoms with Crippen LogP contribution in [0.5, 0.6) is 0 Å². The molecule has 7 nitrogen and oxygen atoms in total. The Bertz CT molecular complexity index is 1330. The summed E-state index contributed by atoms with van der Waals surface area (Å²) in [5.41, 5.74) is 0.703. The number of carbonyl (C=O) groups excluding carboxylic acids is 1. The van der Waals surface area contributed by atoms with Gasteiger partial charge in [-0.15, -0.1) is 0 Å². The van der Waals surface area contributed by atoms with Crippen LogP contribution < -0.4 is 4.87 Å². The number of hydrogen-bond donors (Lipinski definition) is 0. The van der Waals surface area contributed by atoms with Gasteiger partial charge in [0.25, 0.3) is 5.91 Å². The van der Waals surface area contributed by atoms with Gasteiger partial charge in [0.05, 0.1) is 15.1 Å². The number of halogens is 2. The highest BCUT2D eigenvalue weighted by atomic mass is 32.2. The van der Waals surface area contributed by atoms with Crippen LogP contribution in [0.1, 0.15) is 17.3 Å². The van der Waals surface area contributed by atoms with Crippen molar-refractivity contribution in [2.45, 2.75) is 18.4 Å². The van der Waals surface area contributed by atoms with Gasteiger partial charge in [-0.2, -0.15) is 4.31 Å². The Morgan fingerprint density at radius 3 is 2.39 bits per heavy atom. The molecule has 4 rings (SSSR count). The molecule has 0 bridgehead atoms. The summed E-state index contributed by atoms with van der Waals surface area (Å²) in [6, 6.07) is 7.54. The molecule has 0 N–H and O–H groups in total. The number of benzene rings is 2. The fourth-order valence-electron chi connectivity index (χ4n) is 3.60. The third kappa shape index (κ3) is 3.88. The molecule has 0 spiro atoms. The van der Waals surface area contributed by atoms with E-state index in [1.54, 1.807) is 10.6 Å². The van der Waals surface area contributed by atoms with E-state index in [4.69, 9.17) is 0 Å². The third-order valence-electron chi connectivity index (χ3n) is 5.29. The van der Waals surface area contributed by atoms with Crippen molar-refractivity contribution < 1.29 is 22.0 Å². The van der Waals surface area contributed by atoms with Gasteiger partial charge in [-0.1, -0.05) is 11.3 Å². The number of carbonyl (C=O) groups is 1. The normalized spacial score (nSPS) is 15.5. The minimum absolute atomic E-state index is 0.0102. The first kappa shape index (κ1) is 21.6. The minimum atomic E-state index is -3.81. The van der Waals surface area contributed by atoms with Crippen LogP contribution in [0, 0.1) is 11.6 Å². The van der Waals surface area contributed by atoms with Gasteiger partial charge in [-0.25, -0.2) is 17.2 Å². The van der Waals surface area contributed by atoms with Gasteiger partial charge in [-0.05, 0) is 43.3 Å². The number of fused-ring (bicyclic) bond motifs is 1. The van der Waals surface area contributed by atoms with Gasteiger partial charge in [0.1, 0.15) is 0 Å². The van der Waals surface area contributed by atoms with E-state index < -0.39 is 27.6 Å². The minimum Gasteiger partial charge on any atom is -0.336 e. The zero-order chi connectivity index (χ0) is 22.3. The van der Waals surface area contributed by atoms with Crippen molar-refractivity contribution in [1.82, 2.24) is 13.8 Å². The molecular formula is C20H19F2N3O4S2. The predicted molar refractivity (Wildman–Crippen MR) is 113 cm³/mol. The molecule has 1 aliphatic heterocycles. The van der Waals surface area contributed by atoms with Crippen LogP contribution in [0.2, 0.25) is 0 Å². The molecule has 164 valence electrons. The molecule has 31 heavy (non-hydrogen) atoms. The van der Waals surface area contributed by atoms with Crippen LogP contribution in [-0.4, -0.2) is 54.3 Å². The maximum Gasteiger partial charge on any atom is 0.308 e. The largest absolute Gasteiger partial charge is 0.336 e. The molecule has 2 heterocycles. The summed E-state index contributed by atoms with van der Waals surface area (Å²) in [4.78, 5) is 25.9. The predicted octanol–water partition coefficient (Wildman–Crippen LogP) is 2.51. The first-order valence-corrected chi connectivity index (χ1v) is 11.9. The number of thiazole rings is 1. The zero-order valence-corrected chi connectivity index (χ0v) is 18.2. The van der Waals surface area contributed by atoms with E-state index in [0.29, 0.717) is 16.8 Å².